The molecule has 0 aliphatic heterocycles. The molecule has 15 heavy (non-hydrogen) atoms. The van der Waals surface area contributed by atoms with Crippen LogP contribution in [0.4, 0.5) is 0 Å². The predicted molar refractivity (Wildman–Crippen MR) is 64.3 cm³/mol. The lowest BCUT2D eigenvalue weighted by molar-refractivity contribution is 0.520. The van der Waals surface area contributed by atoms with Crippen molar-refractivity contribution in [3.63, 3.8) is 0 Å². The molecule has 0 heterocycles. The molecule has 0 spiro atoms. The van der Waals surface area contributed by atoms with Gasteiger partial charge in [-0.3, -0.25) is 0 Å². The van der Waals surface area contributed by atoms with Crippen LogP contribution in [-0.2, 0) is 16.4 Å². The summed E-state index contributed by atoms with van der Waals surface area (Å²) in [5.74, 6) is 1.70. The largest absolute Gasteiger partial charge is 0.242 e. The summed E-state index contributed by atoms with van der Waals surface area (Å²) in [7, 11) is -0.282. The van der Waals surface area contributed by atoms with Gasteiger partial charge < -0.3 is 0 Å². The molecular formula is C10H14NO2S2. The summed E-state index contributed by atoms with van der Waals surface area (Å²) in [4.78, 5) is 0.320. The monoisotopic (exact) mass is 244 g/mol. The lowest BCUT2D eigenvalue weighted by Gasteiger charge is -2.11. The first kappa shape index (κ1) is 12.5. The van der Waals surface area contributed by atoms with Crippen LogP contribution in [0.25, 0.3) is 0 Å². The molecular weight excluding hydrogens is 230 g/mol. The Balaban J connectivity index is 3.11. The number of hydrogen-bond donors (Lipinski definition) is 1. The average Bonchev–Trinajstić information content (AvgIpc) is 2.18. The second kappa shape index (κ2) is 5.01. The fraction of sp³-hybridized carbons (Fsp3) is 0.300. The van der Waals surface area contributed by atoms with Gasteiger partial charge in [0.1, 0.15) is 0 Å². The highest BCUT2D eigenvalue weighted by Gasteiger charge is 2.16. The summed E-state index contributed by atoms with van der Waals surface area (Å²) in [6.07, 6.45) is 0.653. The van der Waals surface area contributed by atoms with Crippen LogP contribution in [0.1, 0.15) is 5.56 Å². The molecule has 0 aromatic heterocycles. The molecule has 3 nitrogen and oxygen atoms in total. The number of benzene rings is 1. The van der Waals surface area contributed by atoms with Crippen LogP contribution in [0.5, 0.6) is 0 Å². The van der Waals surface area contributed by atoms with Gasteiger partial charge in [0.2, 0.25) is 10.0 Å². The van der Waals surface area contributed by atoms with E-state index in [0.29, 0.717) is 11.3 Å². The normalized spacial score (nSPS) is 12.0. The fourth-order valence-electron chi connectivity index (χ4n) is 1.15. The Morgan fingerprint density at radius 2 is 2.07 bits per heavy atom. The summed E-state index contributed by atoms with van der Waals surface area (Å²) >= 11 is 3.99. The summed E-state index contributed by atoms with van der Waals surface area (Å²) < 4.78 is 24.8. The Kier molecular flexibility index (Phi) is 4.19. The lowest BCUT2D eigenvalue weighted by atomic mass is 10.2. The van der Waals surface area contributed by atoms with Gasteiger partial charge in [0.05, 0.1) is 4.90 Å². The minimum absolute atomic E-state index is 0.320. The van der Waals surface area contributed by atoms with Crippen LogP contribution >= 0.6 is 12.6 Å². The third-order valence-electron chi connectivity index (χ3n) is 2.00. The van der Waals surface area contributed by atoms with E-state index in [-0.39, 0.29) is 0 Å². The zero-order valence-electron chi connectivity index (χ0n) is 8.71. The maximum absolute atomic E-state index is 11.8. The predicted octanol–water partition coefficient (Wildman–Crippen LogP) is 1.57. The molecule has 1 aromatic rings. The molecule has 0 aliphatic carbocycles. The Labute approximate surface area is 96.6 Å². The van der Waals surface area contributed by atoms with E-state index >= 15 is 0 Å². The second-order valence-corrected chi connectivity index (χ2v) is 5.84. The second-order valence-electron chi connectivity index (χ2n) is 3.32. The molecule has 0 bridgehead atoms. The van der Waals surface area contributed by atoms with Crippen molar-refractivity contribution >= 4 is 22.7 Å². The molecule has 0 saturated heterocycles. The number of thiol groups is 1. The molecule has 0 atom stereocenters. The van der Waals surface area contributed by atoms with Crippen LogP contribution in [0, 0.1) is 5.75 Å². The van der Waals surface area contributed by atoms with Crippen LogP contribution < -0.4 is 0 Å². The third-order valence-corrected chi connectivity index (χ3v) is 4.00. The number of hydrogen-bond acceptors (Lipinski definition) is 3. The maximum Gasteiger partial charge on any atom is 0.242 e. The van der Waals surface area contributed by atoms with E-state index < -0.39 is 10.0 Å². The lowest BCUT2D eigenvalue weighted by Crippen LogP contribution is -2.22. The summed E-state index contributed by atoms with van der Waals surface area (Å²) in [5, 5.41) is 0. The third kappa shape index (κ3) is 2.96. The molecule has 0 unspecified atom stereocenters. The van der Waals surface area contributed by atoms with Crippen molar-refractivity contribution in [1.82, 2.24) is 4.31 Å². The van der Waals surface area contributed by atoms with E-state index in [1.165, 1.54) is 18.4 Å². The van der Waals surface area contributed by atoms with Gasteiger partial charge in [0.15, 0.2) is 0 Å². The van der Waals surface area contributed by atoms with Crippen molar-refractivity contribution in [2.45, 2.75) is 11.3 Å². The summed E-state index contributed by atoms with van der Waals surface area (Å²) in [5.41, 5.74) is 0.938. The molecule has 1 aromatic carbocycles. The van der Waals surface area contributed by atoms with Crippen molar-refractivity contribution in [2.24, 2.45) is 0 Å². The smallest absolute Gasteiger partial charge is 0.207 e. The highest BCUT2D eigenvalue weighted by molar-refractivity contribution is 7.89. The van der Waals surface area contributed by atoms with E-state index in [4.69, 9.17) is 0 Å². The SMILES string of the molecule is CN(C)S(=O)(=O)c1cccc(C[CH]S)c1. The average molecular weight is 244 g/mol. The fourth-order valence-corrected chi connectivity index (χ4v) is 2.33. The highest BCUT2D eigenvalue weighted by atomic mass is 32.2. The number of rotatable bonds is 4. The van der Waals surface area contributed by atoms with E-state index in [2.05, 4.69) is 12.6 Å². The number of sulfonamides is 1. The van der Waals surface area contributed by atoms with Gasteiger partial charge in [-0.1, -0.05) is 12.1 Å². The Bertz CT molecular complexity index is 427. The standard InChI is InChI=1S/C10H14NO2S2/c1-11(2)15(12,13)10-5-3-4-9(8-10)6-7-14/h3-5,7-8,14H,6H2,1-2H3. The van der Waals surface area contributed by atoms with Gasteiger partial charge in [0.25, 0.3) is 0 Å². The Morgan fingerprint density at radius 3 is 2.60 bits per heavy atom. The minimum Gasteiger partial charge on any atom is -0.207 e. The Hall–Kier alpha value is -0.520. The quantitative estimate of drug-likeness (QED) is 0.816. The van der Waals surface area contributed by atoms with Crippen LogP contribution in [0.2, 0.25) is 0 Å². The molecule has 0 N–H and O–H groups in total. The van der Waals surface area contributed by atoms with Crippen molar-refractivity contribution in [3.05, 3.63) is 35.6 Å². The topological polar surface area (TPSA) is 37.4 Å². The van der Waals surface area contributed by atoms with Crippen molar-refractivity contribution < 1.29 is 8.42 Å². The Morgan fingerprint density at radius 1 is 1.40 bits per heavy atom. The van der Waals surface area contributed by atoms with Gasteiger partial charge in [-0.05, 0) is 24.1 Å². The van der Waals surface area contributed by atoms with Gasteiger partial charge >= 0.3 is 0 Å². The molecule has 5 heteroatoms. The van der Waals surface area contributed by atoms with Crippen molar-refractivity contribution in [2.75, 3.05) is 14.1 Å². The molecule has 1 radical (unpaired) electrons. The molecule has 0 saturated carbocycles. The zero-order chi connectivity index (χ0) is 11.5. The van der Waals surface area contributed by atoms with Gasteiger partial charge in [0, 0.05) is 19.8 Å². The molecule has 0 amide bonds. The van der Waals surface area contributed by atoms with Crippen molar-refractivity contribution in [1.29, 1.82) is 0 Å². The molecule has 83 valence electrons. The van der Waals surface area contributed by atoms with E-state index in [0.717, 1.165) is 5.56 Å². The van der Waals surface area contributed by atoms with Crippen LogP contribution in [-0.4, -0.2) is 26.8 Å². The molecule has 0 fully saturated rings. The van der Waals surface area contributed by atoms with Gasteiger partial charge in [-0.15, -0.1) is 0 Å². The van der Waals surface area contributed by atoms with Crippen LogP contribution in [0.15, 0.2) is 29.2 Å². The highest BCUT2D eigenvalue weighted by Crippen LogP contribution is 2.15. The first-order chi connectivity index (χ1) is 6.98. The maximum atomic E-state index is 11.8. The van der Waals surface area contributed by atoms with E-state index in [9.17, 15) is 8.42 Å². The first-order valence-electron chi connectivity index (χ1n) is 4.46. The summed E-state index contributed by atoms with van der Waals surface area (Å²) in [6.45, 7) is 0. The van der Waals surface area contributed by atoms with Crippen molar-refractivity contribution in [3.8, 4) is 0 Å². The minimum atomic E-state index is -3.32. The first-order valence-corrected chi connectivity index (χ1v) is 6.41. The van der Waals surface area contributed by atoms with Gasteiger partial charge in [-0.25, -0.2) is 12.7 Å². The number of nitrogens with zero attached hydrogens (tertiary/aromatic N) is 1. The molecule has 1 rings (SSSR count). The van der Waals surface area contributed by atoms with E-state index in [1.54, 1.807) is 24.0 Å². The summed E-state index contributed by atoms with van der Waals surface area (Å²) in [6, 6.07) is 6.88. The van der Waals surface area contributed by atoms with Crippen LogP contribution in [0.3, 0.4) is 0 Å². The molecule has 0 aliphatic rings. The van der Waals surface area contributed by atoms with E-state index in [1.807, 2.05) is 6.07 Å². The van der Waals surface area contributed by atoms with Gasteiger partial charge in [-0.2, -0.15) is 12.6 Å². The zero-order valence-corrected chi connectivity index (χ0v) is 10.4.